The second-order valence-corrected chi connectivity index (χ2v) is 5.71. The molecule has 2 rings (SSSR count). The first-order valence-electron chi connectivity index (χ1n) is 7.15. The van der Waals surface area contributed by atoms with Gasteiger partial charge < -0.3 is 11.1 Å². The highest BCUT2D eigenvalue weighted by Crippen LogP contribution is 2.24. The van der Waals surface area contributed by atoms with E-state index in [1.165, 1.54) is 16.7 Å². The molecular formula is C16H24N2O. The van der Waals surface area contributed by atoms with Crippen LogP contribution in [0.5, 0.6) is 0 Å². The van der Waals surface area contributed by atoms with Crippen molar-refractivity contribution >= 4 is 5.91 Å². The van der Waals surface area contributed by atoms with Crippen molar-refractivity contribution in [3.05, 3.63) is 34.9 Å². The van der Waals surface area contributed by atoms with E-state index < -0.39 is 0 Å². The van der Waals surface area contributed by atoms with Gasteiger partial charge in [-0.1, -0.05) is 24.6 Å². The molecule has 104 valence electrons. The van der Waals surface area contributed by atoms with Gasteiger partial charge in [-0.2, -0.15) is 0 Å². The average molecular weight is 260 g/mol. The minimum absolute atomic E-state index is 0.0595. The predicted octanol–water partition coefficient (Wildman–Crippen LogP) is 2.44. The lowest BCUT2D eigenvalue weighted by Crippen LogP contribution is -2.38. The van der Waals surface area contributed by atoms with Gasteiger partial charge in [-0.15, -0.1) is 0 Å². The Bertz CT molecular complexity index is 436. The summed E-state index contributed by atoms with van der Waals surface area (Å²) in [6, 6.07) is 6.82. The zero-order valence-electron chi connectivity index (χ0n) is 11.9. The highest BCUT2D eigenvalue weighted by molar-refractivity contribution is 5.76. The third-order valence-corrected chi connectivity index (χ3v) is 4.29. The lowest BCUT2D eigenvalue weighted by molar-refractivity contribution is -0.122. The fraction of sp³-hybridized carbons (Fsp3) is 0.562. The van der Waals surface area contributed by atoms with Gasteiger partial charge in [0.05, 0.1) is 0 Å². The van der Waals surface area contributed by atoms with Crippen LogP contribution in [0.2, 0.25) is 0 Å². The first-order valence-corrected chi connectivity index (χ1v) is 7.15. The number of rotatable bonds is 4. The van der Waals surface area contributed by atoms with Gasteiger partial charge >= 0.3 is 0 Å². The molecular weight excluding hydrogens is 236 g/mol. The molecule has 1 aromatic carbocycles. The maximum absolute atomic E-state index is 11.3. The monoisotopic (exact) mass is 260 g/mol. The van der Waals surface area contributed by atoms with Crippen molar-refractivity contribution in [2.24, 2.45) is 11.7 Å². The van der Waals surface area contributed by atoms with Crippen molar-refractivity contribution in [3.8, 4) is 0 Å². The van der Waals surface area contributed by atoms with Crippen molar-refractivity contribution in [1.82, 2.24) is 5.32 Å². The molecule has 1 saturated carbocycles. The highest BCUT2D eigenvalue weighted by Gasteiger charge is 2.25. The molecule has 19 heavy (non-hydrogen) atoms. The number of nitrogens with one attached hydrogen (secondary N) is 1. The van der Waals surface area contributed by atoms with E-state index in [4.69, 9.17) is 5.73 Å². The summed E-state index contributed by atoms with van der Waals surface area (Å²) in [4.78, 5) is 11.3. The van der Waals surface area contributed by atoms with E-state index in [0.29, 0.717) is 6.04 Å². The van der Waals surface area contributed by atoms with E-state index in [0.717, 1.165) is 32.2 Å². The summed E-state index contributed by atoms with van der Waals surface area (Å²) in [7, 11) is 0. The molecule has 1 fully saturated rings. The molecule has 1 aliphatic carbocycles. The molecule has 0 radical (unpaired) electrons. The third kappa shape index (κ3) is 3.57. The maximum Gasteiger partial charge on any atom is 0.220 e. The summed E-state index contributed by atoms with van der Waals surface area (Å²) in [5, 5.41) is 3.60. The minimum Gasteiger partial charge on any atom is -0.369 e. The minimum atomic E-state index is -0.140. The van der Waals surface area contributed by atoms with Crippen LogP contribution < -0.4 is 11.1 Å². The summed E-state index contributed by atoms with van der Waals surface area (Å²) >= 11 is 0. The second-order valence-electron chi connectivity index (χ2n) is 5.71. The smallest absolute Gasteiger partial charge is 0.220 e. The van der Waals surface area contributed by atoms with Gasteiger partial charge in [-0.05, 0) is 49.8 Å². The van der Waals surface area contributed by atoms with Gasteiger partial charge in [-0.25, -0.2) is 0 Å². The Morgan fingerprint density at radius 2 is 2.00 bits per heavy atom. The second kappa shape index (κ2) is 6.20. The number of carbonyl (C=O) groups is 1. The zero-order chi connectivity index (χ0) is 13.8. The molecule has 3 N–H and O–H groups in total. The fourth-order valence-electron chi connectivity index (χ4n) is 3.01. The Morgan fingerprint density at radius 1 is 1.32 bits per heavy atom. The van der Waals surface area contributed by atoms with Crippen molar-refractivity contribution in [3.63, 3.8) is 0 Å². The Kier molecular flexibility index (Phi) is 4.59. The number of aryl methyl sites for hydroxylation is 2. The van der Waals surface area contributed by atoms with Gasteiger partial charge in [0.2, 0.25) is 5.91 Å². The van der Waals surface area contributed by atoms with Crippen LogP contribution in [0.15, 0.2) is 18.2 Å². The largest absolute Gasteiger partial charge is 0.369 e. The Morgan fingerprint density at radius 3 is 2.63 bits per heavy atom. The van der Waals surface area contributed by atoms with Crippen LogP contribution in [0.1, 0.15) is 42.4 Å². The lowest BCUT2D eigenvalue weighted by Gasteiger charge is -2.28. The van der Waals surface area contributed by atoms with Crippen LogP contribution in [0.25, 0.3) is 0 Å². The molecule has 3 nitrogen and oxygen atoms in total. The Hall–Kier alpha value is -1.35. The lowest BCUT2D eigenvalue weighted by atomic mass is 9.85. The van der Waals surface area contributed by atoms with Crippen molar-refractivity contribution in [1.29, 1.82) is 0 Å². The van der Waals surface area contributed by atoms with Crippen LogP contribution in [-0.2, 0) is 11.3 Å². The molecule has 0 spiro atoms. The number of benzene rings is 1. The molecule has 0 saturated heterocycles. The van der Waals surface area contributed by atoms with E-state index in [9.17, 15) is 4.79 Å². The van der Waals surface area contributed by atoms with Crippen LogP contribution >= 0.6 is 0 Å². The van der Waals surface area contributed by atoms with Gasteiger partial charge in [0.1, 0.15) is 0 Å². The van der Waals surface area contributed by atoms with Crippen LogP contribution in [0, 0.1) is 19.8 Å². The highest BCUT2D eigenvalue weighted by atomic mass is 16.1. The van der Waals surface area contributed by atoms with Crippen LogP contribution in [-0.4, -0.2) is 11.9 Å². The summed E-state index contributed by atoms with van der Waals surface area (Å²) in [6.45, 7) is 5.18. The number of primary amides is 1. The molecule has 0 aliphatic heterocycles. The summed E-state index contributed by atoms with van der Waals surface area (Å²) in [6.07, 6.45) is 4.09. The number of amides is 1. The van der Waals surface area contributed by atoms with Crippen molar-refractivity contribution in [2.75, 3.05) is 0 Å². The standard InChI is InChI=1S/C16H24N2O/c1-11-5-3-6-12(2)15(11)10-18-14-8-4-7-13(9-14)16(17)19/h3,5-6,13-14,18H,4,7-10H2,1-2H3,(H2,17,19)/t13-,14+/m1/s1. The maximum atomic E-state index is 11.3. The van der Waals surface area contributed by atoms with E-state index >= 15 is 0 Å². The van der Waals surface area contributed by atoms with E-state index in [-0.39, 0.29) is 11.8 Å². The summed E-state index contributed by atoms with van der Waals surface area (Å²) in [5.74, 6) is -0.0808. The van der Waals surface area contributed by atoms with E-state index in [1.54, 1.807) is 0 Å². The Labute approximate surface area is 115 Å². The molecule has 1 amide bonds. The van der Waals surface area contributed by atoms with Gasteiger partial charge in [0, 0.05) is 18.5 Å². The molecule has 3 heteroatoms. The molecule has 1 aliphatic rings. The van der Waals surface area contributed by atoms with Crippen LogP contribution in [0.4, 0.5) is 0 Å². The number of hydrogen-bond donors (Lipinski definition) is 2. The van der Waals surface area contributed by atoms with Crippen molar-refractivity contribution < 1.29 is 4.79 Å². The number of hydrogen-bond acceptors (Lipinski definition) is 2. The molecule has 0 bridgehead atoms. The zero-order valence-corrected chi connectivity index (χ0v) is 11.9. The Balaban J connectivity index is 1.93. The quantitative estimate of drug-likeness (QED) is 0.873. The summed E-state index contributed by atoms with van der Waals surface area (Å²) < 4.78 is 0. The molecule has 1 aromatic rings. The van der Waals surface area contributed by atoms with Gasteiger partial charge in [0.25, 0.3) is 0 Å². The first kappa shape index (κ1) is 14.1. The van der Waals surface area contributed by atoms with Gasteiger partial charge in [0.15, 0.2) is 0 Å². The first-order chi connectivity index (χ1) is 9.08. The number of carbonyl (C=O) groups excluding carboxylic acids is 1. The molecule has 0 aromatic heterocycles. The molecule has 0 unspecified atom stereocenters. The fourth-order valence-corrected chi connectivity index (χ4v) is 3.01. The normalized spacial score (nSPS) is 23.3. The third-order valence-electron chi connectivity index (χ3n) is 4.29. The SMILES string of the molecule is Cc1cccc(C)c1CN[C@H]1CCC[C@@H](C(N)=O)C1. The predicted molar refractivity (Wildman–Crippen MR) is 77.7 cm³/mol. The molecule has 2 atom stereocenters. The average Bonchev–Trinajstić information content (AvgIpc) is 2.38. The van der Waals surface area contributed by atoms with E-state index in [1.807, 2.05) is 0 Å². The van der Waals surface area contributed by atoms with Crippen LogP contribution in [0.3, 0.4) is 0 Å². The van der Waals surface area contributed by atoms with Gasteiger partial charge in [-0.3, -0.25) is 4.79 Å². The topological polar surface area (TPSA) is 55.1 Å². The molecule has 0 heterocycles. The van der Waals surface area contributed by atoms with E-state index in [2.05, 4.69) is 37.4 Å². The number of nitrogens with two attached hydrogens (primary N) is 1. The van der Waals surface area contributed by atoms with Crippen molar-refractivity contribution in [2.45, 2.75) is 52.1 Å². The summed E-state index contributed by atoms with van der Waals surface area (Å²) in [5.41, 5.74) is 9.45.